The van der Waals surface area contributed by atoms with Crippen molar-refractivity contribution in [1.82, 2.24) is 0 Å². The summed E-state index contributed by atoms with van der Waals surface area (Å²) < 4.78 is 3.83. The SMILES string of the molecule is CCCCC(=O)OC(=O)O. The van der Waals surface area contributed by atoms with Crippen LogP contribution in [0.15, 0.2) is 0 Å². The van der Waals surface area contributed by atoms with Gasteiger partial charge in [-0.15, -0.1) is 0 Å². The summed E-state index contributed by atoms with van der Waals surface area (Å²) in [5.41, 5.74) is 0. The highest BCUT2D eigenvalue weighted by Crippen LogP contribution is 1.95. The van der Waals surface area contributed by atoms with Crippen LogP contribution in [0.3, 0.4) is 0 Å². The first-order valence-electron chi connectivity index (χ1n) is 3.10. The van der Waals surface area contributed by atoms with E-state index < -0.39 is 12.1 Å². The van der Waals surface area contributed by atoms with Crippen molar-refractivity contribution in [1.29, 1.82) is 0 Å². The van der Waals surface area contributed by atoms with Gasteiger partial charge in [-0.05, 0) is 6.42 Å². The molecule has 0 saturated heterocycles. The number of carbonyl (C=O) groups excluding carboxylic acids is 1. The Morgan fingerprint density at radius 2 is 2.10 bits per heavy atom. The fourth-order valence-electron chi connectivity index (χ4n) is 0.470. The minimum Gasteiger partial charge on any atom is -0.449 e. The van der Waals surface area contributed by atoms with E-state index in [1.54, 1.807) is 0 Å². The van der Waals surface area contributed by atoms with E-state index in [9.17, 15) is 9.59 Å². The Morgan fingerprint density at radius 3 is 2.50 bits per heavy atom. The zero-order valence-corrected chi connectivity index (χ0v) is 5.79. The van der Waals surface area contributed by atoms with Crippen molar-refractivity contribution in [3.63, 3.8) is 0 Å². The Labute approximate surface area is 58.8 Å². The summed E-state index contributed by atoms with van der Waals surface area (Å²) in [5, 5.41) is 7.94. The Hall–Kier alpha value is -1.06. The molecule has 0 bridgehead atoms. The van der Waals surface area contributed by atoms with Crippen LogP contribution in [0, 0.1) is 0 Å². The molecule has 0 spiro atoms. The van der Waals surface area contributed by atoms with Crippen LogP contribution in [-0.4, -0.2) is 17.2 Å². The van der Waals surface area contributed by atoms with Crippen LogP contribution >= 0.6 is 0 Å². The maximum atomic E-state index is 10.4. The molecule has 10 heavy (non-hydrogen) atoms. The lowest BCUT2D eigenvalue weighted by Crippen LogP contribution is -2.08. The molecule has 0 fully saturated rings. The molecule has 4 heteroatoms. The van der Waals surface area contributed by atoms with Crippen molar-refractivity contribution < 1.29 is 19.4 Å². The maximum Gasteiger partial charge on any atom is 0.513 e. The second kappa shape index (κ2) is 4.78. The van der Waals surface area contributed by atoms with E-state index in [1.807, 2.05) is 6.92 Å². The van der Waals surface area contributed by atoms with E-state index >= 15 is 0 Å². The number of carboxylic acid groups (broad SMARTS) is 1. The molecule has 0 amide bonds. The minimum absolute atomic E-state index is 0.183. The van der Waals surface area contributed by atoms with E-state index in [1.165, 1.54) is 0 Å². The predicted octanol–water partition coefficient (Wildman–Crippen LogP) is 1.40. The van der Waals surface area contributed by atoms with Gasteiger partial charge in [-0.25, -0.2) is 4.79 Å². The predicted molar refractivity (Wildman–Crippen MR) is 33.6 cm³/mol. The van der Waals surface area contributed by atoms with Gasteiger partial charge >= 0.3 is 12.1 Å². The van der Waals surface area contributed by atoms with Crippen molar-refractivity contribution in [2.24, 2.45) is 0 Å². The lowest BCUT2D eigenvalue weighted by molar-refractivity contribution is -0.139. The van der Waals surface area contributed by atoms with Crippen LogP contribution < -0.4 is 0 Å². The van der Waals surface area contributed by atoms with Crippen molar-refractivity contribution in [3.05, 3.63) is 0 Å². The zero-order valence-electron chi connectivity index (χ0n) is 5.79. The zero-order chi connectivity index (χ0) is 7.98. The van der Waals surface area contributed by atoms with Crippen LogP contribution in [-0.2, 0) is 9.53 Å². The molecule has 0 rings (SSSR count). The monoisotopic (exact) mass is 146 g/mol. The number of rotatable bonds is 3. The first-order chi connectivity index (χ1) is 4.66. The van der Waals surface area contributed by atoms with Gasteiger partial charge < -0.3 is 9.84 Å². The molecule has 0 aliphatic heterocycles. The standard InChI is InChI=1S/C6H10O4/c1-2-3-4-5(7)10-6(8)9/h2-4H2,1H3,(H,8,9). The highest BCUT2D eigenvalue weighted by molar-refractivity contribution is 5.80. The number of hydrogen-bond donors (Lipinski definition) is 1. The summed E-state index contributed by atoms with van der Waals surface area (Å²) >= 11 is 0. The first-order valence-corrected chi connectivity index (χ1v) is 3.10. The molecule has 0 heterocycles. The lowest BCUT2D eigenvalue weighted by atomic mass is 10.3. The topological polar surface area (TPSA) is 63.6 Å². The van der Waals surface area contributed by atoms with Gasteiger partial charge in [0, 0.05) is 6.42 Å². The molecule has 0 saturated carbocycles. The number of unbranched alkanes of at least 4 members (excludes halogenated alkanes) is 1. The largest absolute Gasteiger partial charge is 0.513 e. The summed E-state index contributed by atoms with van der Waals surface area (Å²) in [6, 6.07) is 0. The summed E-state index contributed by atoms with van der Waals surface area (Å²) in [4.78, 5) is 20.1. The van der Waals surface area contributed by atoms with Gasteiger partial charge in [0.15, 0.2) is 0 Å². The molecule has 0 aromatic carbocycles. The highest BCUT2D eigenvalue weighted by Gasteiger charge is 2.05. The third kappa shape index (κ3) is 5.08. The summed E-state index contributed by atoms with van der Waals surface area (Å²) in [6.45, 7) is 1.91. The molecular formula is C6H10O4. The number of esters is 1. The average Bonchev–Trinajstić information content (AvgIpc) is 1.82. The van der Waals surface area contributed by atoms with Gasteiger partial charge in [0.05, 0.1) is 0 Å². The smallest absolute Gasteiger partial charge is 0.449 e. The van der Waals surface area contributed by atoms with Gasteiger partial charge in [-0.2, -0.15) is 0 Å². The second-order valence-corrected chi connectivity index (χ2v) is 1.84. The van der Waals surface area contributed by atoms with E-state index in [0.29, 0.717) is 6.42 Å². The van der Waals surface area contributed by atoms with Gasteiger partial charge in [0.25, 0.3) is 0 Å². The maximum absolute atomic E-state index is 10.4. The number of carbonyl (C=O) groups is 2. The summed E-state index contributed by atoms with van der Waals surface area (Å²) in [7, 11) is 0. The molecule has 0 aromatic rings. The van der Waals surface area contributed by atoms with Crippen molar-refractivity contribution in [2.45, 2.75) is 26.2 Å². The van der Waals surface area contributed by atoms with Crippen LogP contribution in [0.25, 0.3) is 0 Å². The van der Waals surface area contributed by atoms with E-state index in [2.05, 4.69) is 4.74 Å². The van der Waals surface area contributed by atoms with Gasteiger partial charge in [-0.1, -0.05) is 13.3 Å². The molecule has 0 atom stereocenters. The minimum atomic E-state index is -1.53. The Kier molecular flexibility index (Phi) is 4.28. The highest BCUT2D eigenvalue weighted by atomic mass is 16.7. The van der Waals surface area contributed by atoms with Crippen LogP contribution in [0.1, 0.15) is 26.2 Å². The van der Waals surface area contributed by atoms with E-state index in [0.717, 1.165) is 6.42 Å². The second-order valence-electron chi connectivity index (χ2n) is 1.84. The lowest BCUT2D eigenvalue weighted by Gasteiger charge is -1.94. The molecule has 4 nitrogen and oxygen atoms in total. The fourth-order valence-corrected chi connectivity index (χ4v) is 0.470. The van der Waals surface area contributed by atoms with Gasteiger partial charge in [0.1, 0.15) is 0 Å². The Balaban J connectivity index is 3.35. The normalized spacial score (nSPS) is 8.90. The molecule has 0 aliphatic carbocycles. The Bertz CT molecular complexity index is 130. The average molecular weight is 146 g/mol. The van der Waals surface area contributed by atoms with Crippen molar-refractivity contribution in [3.8, 4) is 0 Å². The molecule has 0 aliphatic rings. The number of ether oxygens (including phenoxy) is 1. The van der Waals surface area contributed by atoms with Gasteiger partial charge in [0.2, 0.25) is 0 Å². The van der Waals surface area contributed by atoms with Crippen molar-refractivity contribution >= 4 is 12.1 Å². The molecule has 1 N–H and O–H groups in total. The molecule has 0 aromatic heterocycles. The number of hydrogen-bond acceptors (Lipinski definition) is 3. The Morgan fingerprint density at radius 1 is 1.50 bits per heavy atom. The summed E-state index contributed by atoms with van der Waals surface area (Å²) in [5.74, 6) is -0.672. The molecule has 0 radical (unpaired) electrons. The molecule has 58 valence electrons. The fraction of sp³-hybridized carbons (Fsp3) is 0.667. The van der Waals surface area contributed by atoms with Crippen LogP contribution in [0.4, 0.5) is 4.79 Å². The third-order valence-electron chi connectivity index (χ3n) is 0.936. The van der Waals surface area contributed by atoms with Crippen molar-refractivity contribution in [2.75, 3.05) is 0 Å². The first kappa shape index (κ1) is 8.94. The van der Waals surface area contributed by atoms with Gasteiger partial charge in [-0.3, -0.25) is 4.79 Å². The van der Waals surface area contributed by atoms with E-state index in [-0.39, 0.29) is 6.42 Å². The quantitative estimate of drug-likeness (QED) is 0.482. The summed E-state index contributed by atoms with van der Waals surface area (Å²) in [6.07, 6.45) is 0.185. The third-order valence-corrected chi connectivity index (χ3v) is 0.936. The van der Waals surface area contributed by atoms with Crippen LogP contribution in [0.5, 0.6) is 0 Å². The van der Waals surface area contributed by atoms with Crippen LogP contribution in [0.2, 0.25) is 0 Å². The molecule has 0 unspecified atom stereocenters. The van der Waals surface area contributed by atoms with E-state index in [4.69, 9.17) is 5.11 Å². The molecular weight excluding hydrogens is 136 g/mol.